The molecule has 0 aromatic rings. The van der Waals surface area contributed by atoms with Crippen LogP contribution in [0.15, 0.2) is 0 Å². The molecule has 0 bridgehead atoms. The van der Waals surface area contributed by atoms with E-state index in [1.165, 1.54) is 6.42 Å². The van der Waals surface area contributed by atoms with Gasteiger partial charge in [0.15, 0.2) is 0 Å². The molecular weight excluding hydrogens is 216 g/mol. The Morgan fingerprint density at radius 1 is 1.41 bits per heavy atom. The Labute approximate surface area is 105 Å². The molecule has 1 amide bonds. The number of rotatable bonds is 2. The van der Waals surface area contributed by atoms with Gasteiger partial charge in [-0.25, -0.2) is 4.79 Å². The van der Waals surface area contributed by atoms with Gasteiger partial charge in [-0.15, -0.1) is 0 Å². The van der Waals surface area contributed by atoms with Crippen molar-refractivity contribution in [3.8, 4) is 0 Å². The zero-order valence-electron chi connectivity index (χ0n) is 11.8. The monoisotopic (exact) mass is 242 g/mol. The standard InChI is InChI=1S/C13H26N2O2/c1-13(2,3)17-12(16)15-8-6-7-11(10-15)9-14(4)5/h11H,6-10H2,1-5H3/t11-/m1/s1. The summed E-state index contributed by atoms with van der Waals surface area (Å²) in [5.41, 5.74) is -0.397. The summed E-state index contributed by atoms with van der Waals surface area (Å²) in [5, 5.41) is 0. The van der Waals surface area contributed by atoms with Crippen LogP contribution in [0.1, 0.15) is 33.6 Å². The number of likely N-dealkylation sites (tertiary alicyclic amines) is 1. The van der Waals surface area contributed by atoms with E-state index in [-0.39, 0.29) is 6.09 Å². The van der Waals surface area contributed by atoms with Crippen LogP contribution in [0.2, 0.25) is 0 Å². The van der Waals surface area contributed by atoms with E-state index < -0.39 is 5.60 Å². The Morgan fingerprint density at radius 3 is 2.59 bits per heavy atom. The van der Waals surface area contributed by atoms with Crippen LogP contribution in [0.4, 0.5) is 4.79 Å². The van der Waals surface area contributed by atoms with Crippen LogP contribution in [0.25, 0.3) is 0 Å². The number of carbonyl (C=O) groups is 1. The third kappa shape index (κ3) is 5.39. The number of amides is 1. The highest BCUT2D eigenvalue weighted by Crippen LogP contribution is 2.19. The molecule has 4 nitrogen and oxygen atoms in total. The minimum absolute atomic E-state index is 0.166. The zero-order valence-corrected chi connectivity index (χ0v) is 11.8. The molecule has 0 unspecified atom stereocenters. The predicted molar refractivity (Wildman–Crippen MR) is 69.1 cm³/mol. The van der Waals surface area contributed by atoms with Gasteiger partial charge in [-0.1, -0.05) is 0 Å². The maximum Gasteiger partial charge on any atom is 0.410 e. The number of carbonyl (C=O) groups excluding carboxylic acids is 1. The maximum absolute atomic E-state index is 11.9. The lowest BCUT2D eigenvalue weighted by Crippen LogP contribution is -2.44. The Bertz CT molecular complexity index is 259. The zero-order chi connectivity index (χ0) is 13.1. The Balaban J connectivity index is 2.46. The first kappa shape index (κ1) is 14.3. The molecule has 0 saturated carbocycles. The molecule has 100 valence electrons. The van der Waals surface area contributed by atoms with Crippen LogP contribution < -0.4 is 0 Å². The molecule has 1 fully saturated rings. The molecule has 0 aromatic heterocycles. The third-order valence-electron chi connectivity index (χ3n) is 2.79. The lowest BCUT2D eigenvalue weighted by molar-refractivity contribution is 0.0153. The maximum atomic E-state index is 11.9. The van der Waals surface area contributed by atoms with Crippen molar-refractivity contribution < 1.29 is 9.53 Å². The Kier molecular flexibility index (Phi) is 4.80. The van der Waals surface area contributed by atoms with Crippen LogP contribution in [-0.2, 0) is 4.74 Å². The van der Waals surface area contributed by atoms with E-state index >= 15 is 0 Å². The van der Waals surface area contributed by atoms with Gasteiger partial charge in [0.2, 0.25) is 0 Å². The summed E-state index contributed by atoms with van der Waals surface area (Å²) in [4.78, 5) is 16.0. The fourth-order valence-electron chi connectivity index (χ4n) is 2.22. The Morgan fingerprint density at radius 2 is 2.06 bits per heavy atom. The molecule has 17 heavy (non-hydrogen) atoms. The average Bonchev–Trinajstić information content (AvgIpc) is 2.14. The Hall–Kier alpha value is -0.770. The smallest absolute Gasteiger partial charge is 0.410 e. The molecule has 0 N–H and O–H groups in total. The van der Waals surface area contributed by atoms with Gasteiger partial charge in [0.1, 0.15) is 5.60 Å². The molecule has 1 atom stereocenters. The van der Waals surface area contributed by atoms with Gasteiger partial charge in [-0.05, 0) is 53.6 Å². The van der Waals surface area contributed by atoms with Crippen molar-refractivity contribution >= 4 is 6.09 Å². The number of nitrogens with zero attached hydrogens (tertiary/aromatic N) is 2. The molecule has 0 radical (unpaired) electrons. The summed E-state index contributed by atoms with van der Waals surface area (Å²) in [5.74, 6) is 0.575. The van der Waals surface area contributed by atoms with E-state index in [1.54, 1.807) is 0 Å². The first-order chi connectivity index (χ1) is 7.78. The summed E-state index contributed by atoms with van der Waals surface area (Å²) < 4.78 is 5.40. The van der Waals surface area contributed by atoms with Crippen molar-refractivity contribution in [1.29, 1.82) is 0 Å². The minimum atomic E-state index is -0.397. The fraction of sp³-hybridized carbons (Fsp3) is 0.923. The van der Waals surface area contributed by atoms with Gasteiger partial charge in [-0.2, -0.15) is 0 Å². The van der Waals surface area contributed by atoms with Crippen molar-refractivity contribution in [3.05, 3.63) is 0 Å². The van der Waals surface area contributed by atoms with Crippen LogP contribution in [-0.4, -0.2) is 55.2 Å². The third-order valence-corrected chi connectivity index (χ3v) is 2.79. The first-order valence-electron chi connectivity index (χ1n) is 6.40. The van der Waals surface area contributed by atoms with E-state index in [4.69, 9.17) is 4.74 Å². The summed E-state index contributed by atoms with van der Waals surface area (Å²) in [7, 11) is 4.15. The fourth-order valence-corrected chi connectivity index (χ4v) is 2.22. The summed E-state index contributed by atoms with van der Waals surface area (Å²) in [6.45, 7) is 8.43. The number of ether oxygens (including phenoxy) is 1. The van der Waals surface area contributed by atoms with Gasteiger partial charge >= 0.3 is 6.09 Å². The predicted octanol–water partition coefficient (Wildman–Crippen LogP) is 2.20. The highest BCUT2D eigenvalue weighted by molar-refractivity contribution is 5.68. The lowest BCUT2D eigenvalue weighted by atomic mass is 9.98. The quantitative estimate of drug-likeness (QED) is 0.744. The number of hydrogen-bond acceptors (Lipinski definition) is 3. The molecule has 0 spiro atoms. The lowest BCUT2D eigenvalue weighted by Gasteiger charge is -2.35. The summed E-state index contributed by atoms with van der Waals surface area (Å²) >= 11 is 0. The normalized spacial score (nSPS) is 21.8. The summed E-state index contributed by atoms with van der Waals surface area (Å²) in [6, 6.07) is 0. The minimum Gasteiger partial charge on any atom is -0.444 e. The van der Waals surface area contributed by atoms with Gasteiger partial charge in [0, 0.05) is 19.6 Å². The van der Waals surface area contributed by atoms with Crippen LogP contribution >= 0.6 is 0 Å². The first-order valence-corrected chi connectivity index (χ1v) is 6.40. The molecule has 0 aromatic carbocycles. The SMILES string of the molecule is CN(C)C[C@H]1CCCN(C(=O)OC(C)(C)C)C1. The van der Waals surface area contributed by atoms with Gasteiger partial charge in [0.25, 0.3) is 0 Å². The van der Waals surface area contributed by atoms with Crippen LogP contribution in [0.5, 0.6) is 0 Å². The topological polar surface area (TPSA) is 32.8 Å². The van der Waals surface area contributed by atoms with Crippen molar-refractivity contribution in [3.63, 3.8) is 0 Å². The number of piperidine rings is 1. The highest BCUT2D eigenvalue weighted by atomic mass is 16.6. The molecule has 4 heteroatoms. The van der Waals surface area contributed by atoms with E-state index in [0.29, 0.717) is 5.92 Å². The van der Waals surface area contributed by atoms with E-state index in [9.17, 15) is 4.79 Å². The molecule has 1 aliphatic heterocycles. The highest BCUT2D eigenvalue weighted by Gasteiger charge is 2.27. The van der Waals surface area contributed by atoms with Crippen LogP contribution in [0.3, 0.4) is 0 Å². The largest absolute Gasteiger partial charge is 0.444 e. The molecular formula is C13H26N2O2. The molecule has 0 aliphatic carbocycles. The van der Waals surface area contributed by atoms with Gasteiger partial charge in [-0.3, -0.25) is 0 Å². The van der Waals surface area contributed by atoms with Gasteiger partial charge < -0.3 is 14.5 Å². The molecule has 1 heterocycles. The van der Waals surface area contributed by atoms with Gasteiger partial charge in [0.05, 0.1) is 0 Å². The average molecular weight is 242 g/mol. The van der Waals surface area contributed by atoms with E-state index in [1.807, 2.05) is 25.7 Å². The second-order valence-corrected chi connectivity index (χ2v) is 6.20. The molecule has 1 aliphatic rings. The van der Waals surface area contributed by atoms with Crippen molar-refractivity contribution in [2.24, 2.45) is 5.92 Å². The number of hydrogen-bond donors (Lipinski definition) is 0. The van der Waals surface area contributed by atoms with Crippen molar-refractivity contribution in [2.75, 3.05) is 33.7 Å². The second kappa shape index (κ2) is 5.71. The van der Waals surface area contributed by atoms with Crippen molar-refractivity contribution in [2.45, 2.75) is 39.2 Å². The van der Waals surface area contributed by atoms with E-state index in [0.717, 1.165) is 26.1 Å². The second-order valence-electron chi connectivity index (χ2n) is 6.20. The summed E-state index contributed by atoms with van der Waals surface area (Å²) in [6.07, 6.45) is 2.12. The van der Waals surface area contributed by atoms with E-state index in [2.05, 4.69) is 19.0 Å². The van der Waals surface area contributed by atoms with Crippen LogP contribution in [0, 0.1) is 5.92 Å². The molecule has 1 saturated heterocycles. The van der Waals surface area contributed by atoms with Crippen molar-refractivity contribution in [1.82, 2.24) is 9.80 Å². The molecule has 1 rings (SSSR count).